The van der Waals surface area contributed by atoms with Crippen molar-refractivity contribution in [2.24, 2.45) is 0 Å². The molecule has 4 heteroatoms. The molecule has 0 radical (unpaired) electrons. The number of rotatable bonds is 2. The van der Waals surface area contributed by atoms with Gasteiger partial charge in [0.25, 0.3) is 5.91 Å². The normalized spacial score (nSPS) is 17.6. The average molecular weight is 374 g/mol. The minimum absolute atomic E-state index is 0.0248. The van der Waals surface area contributed by atoms with Crippen LogP contribution < -0.4 is 0 Å². The van der Waals surface area contributed by atoms with Crippen LogP contribution in [0.4, 0.5) is 0 Å². The molecule has 2 aromatic carbocycles. The summed E-state index contributed by atoms with van der Waals surface area (Å²) in [5.41, 5.74) is 5.46. The number of benzene rings is 2. The lowest BCUT2D eigenvalue weighted by molar-refractivity contribution is 0.0710. The van der Waals surface area contributed by atoms with Gasteiger partial charge in [-0.25, -0.2) is 0 Å². The standard InChI is InChI=1S/C24H26N2O2/c27-23-14-18-6-2-1-5-17(18)13-20(23)24(28)26-11-9-16(10-12-26)21-15-25-22-8-4-3-7-19(21)22/h3-4,7-8,13-16,25,27H,1-2,5-6,9-12H2. The monoisotopic (exact) mass is 374 g/mol. The van der Waals surface area contributed by atoms with Crippen molar-refractivity contribution in [3.63, 3.8) is 0 Å². The first-order valence-electron chi connectivity index (χ1n) is 10.4. The third-order valence-corrected chi connectivity index (χ3v) is 6.53. The maximum atomic E-state index is 13.1. The maximum Gasteiger partial charge on any atom is 0.257 e. The van der Waals surface area contributed by atoms with Crippen LogP contribution >= 0.6 is 0 Å². The maximum absolute atomic E-state index is 13.1. The highest BCUT2D eigenvalue weighted by Gasteiger charge is 2.28. The van der Waals surface area contributed by atoms with Crippen molar-refractivity contribution in [2.45, 2.75) is 44.4 Å². The number of aromatic amines is 1. The summed E-state index contributed by atoms with van der Waals surface area (Å²) in [5.74, 6) is 0.588. The molecule has 28 heavy (non-hydrogen) atoms. The van der Waals surface area contributed by atoms with Crippen LogP contribution in [0.5, 0.6) is 5.75 Å². The Hall–Kier alpha value is -2.75. The van der Waals surface area contributed by atoms with Gasteiger partial charge in [-0.1, -0.05) is 18.2 Å². The average Bonchev–Trinajstić information content (AvgIpc) is 3.17. The van der Waals surface area contributed by atoms with Gasteiger partial charge in [0.15, 0.2) is 0 Å². The van der Waals surface area contributed by atoms with Gasteiger partial charge in [0.1, 0.15) is 5.75 Å². The summed E-state index contributed by atoms with van der Waals surface area (Å²) < 4.78 is 0. The largest absolute Gasteiger partial charge is 0.507 e. The van der Waals surface area contributed by atoms with Crippen molar-refractivity contribution in [3.05, 3.63) is 64.8 Å². The summed E-state index contributed by atoms with van der Waals surface area (Å²) in [6.45, 7) is 1.47. The van der Waals surface area contributed by atoms with E-state index in [0.29, 0.717) is 11.5 Å². The number of fused-ring (bicyclic) bond motifs is 2. The molecule has 0 saturated carbocycles. The lowest BCUT2D eigenvalue weighted by Crippen LogP contribution is -2.38. The second-order valence-corrected chi connectivity index (χ2v) is 8.20. The highest BCUT2D eigenvalue weighted by Crippen LogP contribution is 2.35. The van der Waals surface area contributed by atoms with E-state index in [-0.39, 0.29) is 11.7 Å². The van der Waals surface area contributed by atoms with Crippen molar-refractivity contribution < 1.29 is 9.90 Å². The van der Waals surface area contributed by atoms with Gasteiger partial charge in [0.2, 0.25) is 0 Å². The minimum Gasteiger partial charge on any atom is -0.507 e. The number of likely N-dealkylation sites (tertiary alicyclic amines) is 1. The Kier molecular flexibility index (Phi) is 4.34. The molecule has 1 aliphatic heterocycles. The SMILES string of the molecule is O=C(c1cc2c(cc1O)CCCC2)N1CCC(c2c[nH]c3ccccc23)CC1. The van der Waals surface area contributed by atoms with E-state index in [0.717, 1.165) is 38.8 Å². The second-order valence-electron chi connectivity index (χ2n) is 8.20. The number of nitrogens with one attached hydrogen (secondary N) is 1. The topological polar surface area (TPSA) is 56.3 Å². The van der Waals surface area contributed by atoms with Crippen LogP contribution in [0.15, 0.2) is 42.6 Å². The Morgan fingerprint density at radius 1 is 1.04 bits per heavy atom. The fourth-order valence-corrected chi connectivity index (χ4v) is 4.94. The van der Waals surface area contributed by atoms with Gasteiger partial charge < -0.3 is 15.0 Å². The van der Waals surface area contributed by atoms with Crippen molar-refractivity contribution >= 4 is 16.8 Å². The predicted molar refractivity (Wildman–Crippen MR) is 111 cm³/mol. The molecule has 2 aliphatic rings. The third kappa shape index (κ3) is 2.97. The van der Waals surface area contributed by atoms with Crippen LogP contribution in [0.25, 0.3) is 10.9 Å². The number of carbonyl (C=O) groups is 1. The Labute approximate surface area is 165 Å². The number of phenolic OH excluding ortho intramolecular Hbond substituents is 1. The number of para-hydroxylation sites is 1. The molecular weight excluding hydrogens is 348 g/mol. The molecule has 4 nitrogen and oxygen atoms in total. The number of piperidine rings is 1. The second kappa shape index (κ2) is 7.01. The summed E-state index contributed by atoms with van der Waals surface area (Å²) in [5, 5.41) is 11.7. The van der Waals surface area contributed by atoms with E-state index in [2.05, 4.69) is 35.4 Å². The Morgan fingerprint density at radius 3 is 2.54 bits per heavy atom. The number of phenols is 1. The third-order valence-electron chi connectivity index (χ3n) is 6.53. The molecule has 144 valence electrons. The molecule has 0 atom stereocenters. The summed E-state index contributed by atoms with van der Waals surface area (Å²) in [6.07, 6.45) is 8.40. The van der Waals surface area contributed by atoms with E-state index >= 15 is 0 Å². The molecule has 0 unspecified atom stereocenters. The molecule has 1 amide bonds. The zero-order valence-electron chi connectivity index (χ0n) is 16.1. The number of aromatic nitrogens is 1. The molecule has 3 aromatic rings. The predicted octanol–water partition coefficient (Wildman–Crippen LogP) is 4.77. The van der Waals surface area contributed by atoms with Gasteiger partial charge in [-0.3, -0.25) is 4.79 Å². The van der Waals surface area contributed by atoms with Crippen LogP contribution in [-0.4, -0.2) is 34.0 Å². The first-order valence-corrected chi connectivity index (χ1v) is 10.4. The molecule has 1 aromatic heterocycles. The number of hydrogen-bond acceptors (Lipinski definition) is 2. The molecule has 5 rings (SSSR count). The van der Waals surface area contributed by atoms with Crippen LogP contribution in [0, 0.1) is 0 Å². The molecule has 0 bridgehead atoms. The fourth-order valence-electron chi connectivity index (χ4n) is 4.94. The molecule has 2 heterocycles. The van der Waals surface area contributed by atoms with E-state index in [4.69, 9.17) is 0 Å². The smallest absolute Gasteiger partial charge is 0.257 e. The number of nitrogens with zero attached hydrogens (tertiary/aromatic N) is 1. The zero-order valence-corrected chi connectivity index (χ0v) is 16.1. The first kappa shape index (κ1) is 17.4. The van der Waals surface area contributed by atoms with Gasteiger partial charge in [0.05, 0.1) is 5.56 Å². The quantitative estimate of drug-likeness (QED) is 0.679. The van der Waals surface area contributed by atoms with Crippen molar-refractivity contribution in [1.82, 2.24) is 9.88 Å². The van der Waals surface area contributed by atoms with Crippen molar-refractivity contribution in [1.29, 1.82) is 0 Å². The van der Waals surface area contributed by atoms with Crippen LogP contribution in [0.1, 0.15) is 58.6 Å². The first-order chi connectivity index (χ1) is 13.7. The van der Waals surface area contributed by atoms with Crippen LogP contribution in [-0.2, 0) is 12.8 Å². The number of aryl methyl sites for hydroxylation is 2. The molecular formula is C24H26N2O2. The van der Waals surface area contributed by atoms with Crippen LogP contribution in [0.3, 0.4) is 0 Å². The summed E-state index contributed by atoms with van der Waals surface area (Å²) in [4.78, 5) is 18.4. The summed E-state index contributed by atoms with van der Waals surface area (Å²) >= 11 is 0. The van der Waals surface area contributed by atoms with Gasteiger partial charge in [-0.05, 0) is 79.3 Å². The lowest BCUT2D eigenvalue weighted by Gasteiger charge is -2.32. The Morgan fingerprint density at radius 2 is 1.75 bits per heavy atom. The summed E-state index contributed by atoms with van der Waals surface area (Å²) in [7, 11) is 0. The molecule has 1 saturated heterocycles. The highest BCUT2D eigenvalue weighted by atomic mass is 16.3. The van der Waals surface area contributed by atoms with Gasteiger partial charge in [0, 0.05) is 30.2 Å². The van der Waals surface area contributed by atoms with E-state index < -0.39 is 0 Å². The minimum atomic E-state index is -0.0248. The van der Waals surface area contributed by atoms with Gasteiger partial charge >= 0.3 is 0 Å². The number of carbonyl (C=O) groups excluding carboxylic acids is 1. The number of hydrogen-bond donors (Lipinski definition) is 2. The van der Waals surface area contributed by atoms with Crippen LogP contribution in [0.2, 0.25) is 0 Å². The van der Waals surface area contributed by atoms with Crippen molar-refractivity contribution in [2.75, 3.05) is 13.1 Å². The zero-order chi connectivity index (χ0) is 19.1. The molecule has 2 N–H and O–H groups in total. The lowest BCUT2D eigenvalue weighted by atomic mass is 9.88. The van der Waals surface area contributed by atoms with E-state index in [1.807, 2.05) is 17.0 Å². The van der Waals surface area contributed by atoms with Crippen molar-refractivity contribution in [3.8, 4) is 5.75 Å². The van der Waals surface area contributed by atoms with E-state index in [9.17, 15) is 9.90 Å². The van der Waals surface area contributed by atoms with Gasteiger partial charge in [-0.15, -0.1) is 0 Å². The Balaban J connectivity index is 1.32. The fraction of sp³-hybridized carbons (Fsp3) is 0.375. The molecule has 1 fully saturated rings. The number of H-pyrrole nitrogens is 1. The number of aromatic hydroxyl groups is 1. The van der Waals surface area contributed by atoms with E-state index in [1.165, 1.54) is 40.4 Å². The van der Waals surface area contributed by atoms with Gasteiger partial charge in [-0.2, -0.15) is 0 Å². The Bertz CT molecular complexity index is 1030. The van der Waals surface area contributed by atoms with E-state index in [1.54, 1.807) is 0 Å². The molecule has 1 aliphatic carbocycles. The molecule has 0 spiro atoms. The number of amides is 1. The highest BCUT2D eigenvalue weighted by molar-refractivity contribution is 5.97. The summed E-state index contributed by atoms with van der Waals surface area (Å²) in [6, 6.07) is 12.2.